The van der Waals surface area contributed by atoms with Crippen molar-refractivity contribution < 1.29 is 9.18 Å². The van der Waals surface area contributed by atoms with E-state index in [1.807, 2.05) is 19.9 Å². The second-order valence-electron chi connectivity index (χ2n) is 6.73. The largest absolute Gasteiger partial charge is 0.319 e. The van der Waals surface area contributed by atoms with Crippen molar-refractivity contribution in [2.75, 3.05) is 5.32 Å². The van der Waals surface area contributed by atoms with Gasteiger partial charge in [0.2, 0.25) is 0 Å². The zero-order chi connectivity index (χ0) is 20.5. The van der Waals surface area contributed by atoms with Crippen LogP contribution in [-0.4, -0.2) is 30.6 Å². The van der Waals surface area contributed by atoms with E-state index in [0.29, 0.717) is 17.1 Å². The average Bonchev–Trinajstić information content (AvgIpc) is 3.15. The molecule has 0 aliphatic rings. The van der Waals surface area contributed by atoms with E-state index in [4.69, 9.17) is 0 Å². The number of carbonyl (C=O) groups is 1. The first-order valence-electron chi connectivity index (χ1n) is 8.93. The van der Waals surface area contributed by atoms with E-state index in [-0.39, 0.29) is 22.5 Å². The Hall–Kier alpha value is -3.88. The van der Waals surface area contributed by atoms with Crippen LogP contribution in [0.15, 0.2) is 53.8 Å². The van der Waals surface area contributed by atoms with Gasteiger partial charge in [-0.15, -0.1) is 0 Å². The highest BCUT2D eigenvalue weighted by Gasteiger charge is 2.22. The van der Waals surface area contributed by atoms with Crippen molar-refractivity contribution in [1.82, 2.24) is 24.7 Å². The minimum Gasteiger partial charge on any atom is -0.319 e. The van der Waals surface area contributed by atoms with Gasteiger partial charge in [-0.2, -0.15) is 5.10 Å². The molecule has 0 radical (unpaired) electrons. The number of hydrogen-bond donors (Lipinski definition) is 2. The molecule has 1 aromatic carbocycles. The lowest BCUT2D eigenvalue weighted by molar-refractivity contribution is 0.102. The van der Waals surface area contributed by atoms with Crippen LogP contribution >= 0.6 is 0 Å². The van der Waals surface area contributed by atoms with E-state index in [2.05, 4.69) is 25.4 Å². The smallest absolute Gasteiger partial charge is 0.259 e. The average molecular weight is 392 g/mol. The molecule has 0 saturated carbocycles. The van der Waals surface area contributed by atoms with E-state index in [0.717, 1.165) is 6.07 Å². The van der Waals surface area contributed by atoms with E-state index in [9.17, 15) is 14.0 Å². The van der Waals surface area contributed by atoms with Crippen LogP contribution in [0.2, 0.25) is 0 Å². The van der Waals surface area contributed by atoms with Crippen molar-refractivity contribution in [3.8, 4) is 5.82 Å². The zero-order valence-electron chi connectivity index (χ0n) is 15.7. The second-order valence-corrected chi connectivity index (χ2v) is 6.73. The number of aromatic amines is 1. The third-order valence-corrected chi connectivity index (χ3v) is 4.44. The molecule has 3 aromatic heterocycles. The Morgan fingerprint density at radius 2 is 2.07 bits per heavy atom. The summed E-state index contributed by atoms with van der Waals surface area (Å²) in [6.45, 7) is 3.85. The van der Waals surface area contributed by atoms with Crippen molar-refractivity contribution in [3.05, 3.63) is 76.5 Å². The molecule has 9 heteroatoms. The maximum atomic E-state index is 14.5. The van der Waals surface area contributed by atoms with Gasteiger partial charge in [0.1, 0.15) is 5.82 Å². The normalized spacial score (nSPS) is 11.2. The van der Waals surface area contributed by atoms with Gasteiger partial charge in [0.05, 0.1) is 40.4 Å². The highest BCUT2D eigenvalue weighted by atomic mass is 19.1. The quantitative estimate of drug-likeness (QED) is 0.555. The molecule has 0 aliphatic heterocycles. The highest BCUT2D eigenvalue weighted by molar-refractivity contribution is 6.06. The number of aromatic nitrogens is 5. The minimum atomic E-state index is -0.688. The Balaban J connectivity index is 1.74. The molecule has 0 spiro atoms. The van der Waals surface area contributed by atoms with Crippen molar-refractivity contribution in [2.45, 2.75) is 19.8 Å². The number of hydrogen-bond acceptors (Lipinski definition) is 5. The fraction of sp³-hybridized carbons (Fsp3) is 0.150. The van der Waals surface area contributed by atoms with E-state index in [1.165, 1.54) is 18.6 Å². The number of nitrogens with one attached hydrogen (secondary N) is 2. The van der Waals surface area contributed by atoms with Gasteiger partial charge in [-0.25, -0.2) is 19.0 Å². The molecule has 4 aromatic rings. The highest BCUT2D eigenvalue weighted by Crippen LogP contribution is 2.25. The number of anilines is 1. The summed E-state index contributed by atoms with van der Waals surface area (Å²) in [5, 5.41) is 7.01. The Kier molecular flexibility index (Phi) is 4.63. The molecule has 0 atom stereocenters. The number of benzene rings is 1. The van der Waals surface area contributed by atoms with Gasteiger partial charge in [-0.3, -0.25) is 9.59 Å². The van der Waals surface area contributed by atoms with Crippen LogP contribution in [-0.2, 0) is 0 Å². The van der Waals surface area contributed by atoms with E-state index in [1.54, 1.807) is 23.0 Å². The first-order valence-corrected chi connectivity index (χ1v) is 8.93. The van der Waals surface area contributed by atoms with Gasteiger partial charge in [0, 0.05) is 12.3 Å². The van der Waals surface area contributed by atoms with Crippen LogP contribution in [0.25, 0.3) is 16.7 Å². The van der Waals surface area contributed by atoms with Crippen molar-refractivity contribution >= 4 is 22.5 Å². The van der Waals surface area contributed by atoms with Crippen LogP contribution in [0.3, 0.4) is 0 Å². The van der Waals surface area contributed by atoms with E-state index < -0.39 is 17.3 Å². The third kappa shape index (κ3) is 3.38. The lowest BCUT2D eigenvalue weighted by atomic mass is 10.1. The minimum absolute atomic E-state index is 0.0475. The molecule has 0 bridgehead atoms. The van der Waals surface area contributed by atoms with E-state index >= 15 is 0 Å². The molecule has 3 heterocycles. The summed E-state index contributed by atoms with van der Waals surface area (Å²) in [4.78, 5) is 35.5. The molecule has 1 amide bonds. The number of fused-ring (bicyclic) bond motifs is 1. The summed E-state index contributed by atoms with van der Waals surface area (Å²) in [6, 6.07) is 7.77. The molecular weight excluding hydrogens is 375 g/mol. The first kappa shape index (κ1) is 18.5. The number of halogens is 1. The zero-order valence-corrected chi connectivity index (χ0v) is 15.7. The lowest BCUT2D eigenvalue weighted by Gasteiger charge is -2.12. The molecule has 29 heavy (non-hydrogen) atoms. The van der Waals surface area contributed by atoms with Gasteiger partial charge in [0.25, 0.3) is 11.5 Å². The third-order valence-electron chi connectivity index (χ3n) is 4.44. The molecule has 2 N–H and O–H groups in total. The molecule has 4 rings (SSSR count). The lowest BCUT2D eigenvalue weighted by Crippen LogP contribution is -2.17. The van der Waals surface area contributed by atoms with Crippen LogP contribution in [0.4, 0.5) is 10.1 Å². The van der Waals surface area contributed by atoms with Crippen LogP contribution in [0.1, 0.15) is 35.8 Å². The summed E-state index contributed by atoms with van der Waals surface area (Å²) in [5.41, 5.74) is 0.611. The summed E-state index contributed by atoms with van der Waals surface area (Å²) >= 11 is 0. The maximum Gasteiger partial charge on any atom is 0.259 e. The topological polar surface area (TPSA) is 106 Å². The van der Waals surface area contributed by atoms with Crippen molar-refractivity contribution in [2.24, 2.45) is 0 Å². The number of carbonyl (C=O) groups excluding carboxylic acids is 1. The van der Waals surface area contributed by atoms with Gasteiger partial charge in [-0.05, 0) is 24.1 Å². The number of rotatable bonds is 4. The fourth-order valence-corrected chi connectivity index (χ4v) is 3.13. The number of nitrogens with zero attached hydrogens (tertiary/aromatic N) is 4. The Morgan fingerprint density at radius 1 is 1.24 bits per heavy atom. The van der Waals surface area contributed by atoms with Gasteiger partial charge in [0.15, 0.2) is 5.82 Å². The Labute approximate surface area is 164 Å². The molecule has 8 nitrogen and oxygen atoms in total. The van der Waals surface area contributed by atoms with Crippen LogP contribution < -0.4 is 10.9 Å². The first-order chi connectivity index (χ1) is 14.0. The number of H-pyrrole nitrogens is 1. The molecular formula is C20H17FN6O2. The van der Waals surface area contributed by atoms with Gasteiger partial charge in [-0.1, -0.05) is 19.9 Å². The predicted molar refractivity (Wildman–Crippen MR) is 106 cm³/mol. The summed E-state index contributed by atoms with van der Waals surface area (Å²) in [5.74, 6) is -0.694. The Bertz CT molecular complexity index is 1260. The van der Waals surface area contributed by atoms with Crippen molar-refractivity contribution in [3.63, 3.8) is 0 Å². The van der Waals surface area contributed by atoms with Gasteiger partial charge >= 0.3 is 0 Å². The molecule has 0 fully saturated rings. The summed E-state index contributed by atoms with van der Waals surface area (Å²) in [6.07, 6.45) is 4.26. The summed E-state index contributed by atoms with van der Waals surface area (Å²) in [7, 11) is 0. The molecule has 0 unspecified atom stereocenters. The fourth-order valence-electron chi connectivity index (χ4n) is 3.13. The SMILES string of the molecule is CC(C)c1c(C(=O)Nc2cc3c(=O)[nH]cnc3cc2F)cnn1-c1ccccn1. The second kappa shape index (κ2) is 7.27. The summed E-state index contributed by atoms with van der Waals surface area (Å²) < 4.78 is 16.0. The predicted octanol–water partition coefficient (Wildman–Crippen LogP) is 3.02. The monoisotopic (exact) mass is 392 g/mol. The van der Waals surface area contributed by atoms with Crippen molar-refractivity contribution in [1.29, 1.82) is 0 Å². The number of pyridine rings is 1. The van der Waals surface area contributed by atoms with Crippen LogP contribution in [0.5, 0.6) is 0 Å². The molecule has 0 saturated heterocycles. The standard InChI is InChI=1S/C20H17FN6O2/c1-11(2)18-13(9-25-27(18)17-5-3-4-6-22-17)20(29)26-16-7-12-15(8-14(16)21)23-10-24-19(12)28/h3-11H,1-2H3,(H,26,29)(H,23,24,28). The maximum absolute atomic E-state index is 14.5. The Morgan fingerprint density at radius 3 is 2.79 bits per heavy atom. The number of amides is 1. The van der Waals surface area contributed by atoms with Crippen LogP contribution in [0, 0.1) is 5.82 Å². The molecule has 146 valence electrons. The van der Waals surface area contributed by atoms with Gasteiger partial charge < -0.3 is 10.3 Å². The molecule has 0 aliphatic carbocycles.